The van der Waals surface area contributed by atoms with E-state index in [1.807, 2.05) is 0 Å². The molecule has 1 heterocycles. The Balaban J connectivity index is 1.93. The molecule has 0 bridgehead atoms. The maximum Gasteiger partial charge on any atom is 0.124 e. The summed E-state index contributed by atoms with van der Waals surface area (Å²) in [5.74, 6) is 1.06. The quantitative estimate of drug-likeness (QED) is 0.838. The summed E-state index contributed by atoms with van der Waals surface area (Å²) >= 11 is 0. The predicted molar refractivity (Wildman–Crippen MR) is 76.5 cm³/mol. The summed E-state index contributed by atoms with van der Waals surface area (Å²) in [5.41, 5.74) is 2.60. The predicted octanol–water partition coefficient (Wildman–Crippen LogP) is 2.77. The molecule has 100 valence electrons. The molecule has 0 aliphatic carbocycles. The second-order valence-electron chi connectivity index (χ2n) is 4.69. The van der Waals surface area contributed by atoms with Crippen LogP contribution in [0.25, 0.3) is 0 Å². The van der Waals surface area contributed by atoms with Gasteiger partial charge in [0.05, 0.1) is 0 Å². The molecule has 1 N–H and O–H groups in total. The number of fused-ring (bicyclic) bond motifs is 1. The minimum absolute atomic E-state index is 0.776. The molecule has 3 heteroatoms. The van der Waals surface area contributed by atoms with Gasteiger partial charge in [-0.05, 0) is 38.1 Å². The second kappa shape index (κ2) is 6.64. The maximum atomic E-state index is 5.96. The van der Waals surface area contributed by atoms with Crippen molar-refractivity contribution >= 4 is 5.69 Å². The van der Waals surface area contributed by atoms with Gasteiger partial charge in [-0.1, -0.05) is 19.9 Å². The number of nitrogens with one attached hydrogen (secondary N) is 1. The van der Waals surface area contributed by atoms with E-state index in [-0.39, 0.29) is 0 Å². The third-order valence-electron chi connectivity index (χ3n) is 3.61. The van der Waals surface area contributed by atoms with E-state index in [4.69, 9.17) is 4.74 Å². The highest BCUT2D eigenvalue weighted by atomic mass is 16.5. The molecular formula is C15H24N2O. The molecule has 1 aromatic rings. The van der Waals surface area contributed by atoms with E-state index in [0.29, 0.717) is 0 Å². The van der Waals surface area contributed by atoms with Crippen LogP contribution in [0.4, 0.5) is 5.69 Å². The lowest BCUT2D eigenvalue weighted by molar-refractivity contribution is 0.221. The normalized spacial score (nSPS) is 14.2. The summed E-state index contributed by atoms with van der Waals surface area (Å²) in [6.07, 6.45) is 2.33. The van der Waals surface area contributed by atoms with Gasteiger partial charge >= 0.3 is 0 Å². The first-order valence-corrected chi connectivity index (χ1v) is 7.06. The Morgan fingerprint density at radius 1 is 1.28 bits per heavy atom. The number of nitrogens with zero attached hydrogens (tertiary/aromatic N) is 1. The standard InChI is InChI=1S/C15H24N2O/c1-3-17(4-2)11-12-18-15-9-5-8-14-13(15)7-6-10-16-14/h5,8-9,16H,3-4,6-7,10-12H2,1-2H3. The van der Waals surface area contributed by atoms with Gasteiger partial charge in [0.25, 0.3) is 0 Å². The number of likely N-dealkylation sites (N-methyl/N-ethyl adjacent to an activating group) is 1. The molecule has 0 aromatic heterocycles. The van der Waals surface area contributed by atoms with E-state index in [0.717, 1.165) is 45.0 Å². The molecule has 0 spiro atoms. The van der Waals surface area contributed by atoms with E-state index in [2.05, 4.69) is 42.3 Å². The van der Waals surface area contributed by atoms with Crippen molar-refractivity contribution in [3.05, 3.63) is 23.8 Å². The Bertz CT molecular complexity index is 375. The summed E-state index contributed by atoms with van der Waals surface area (Å²) in [4.78, 5) is 2.38. The van der Waals surface area contributed by atoms with Gasteiger partial charge in [0.15, 0.2) is 0 Å². The van der Waals surface area contributed by atoms with Gasteiger partial charge in [-0.2, -0.15) is 0 Å². The van der Waals surface area contributed by atoms with E-state index in [1.165, 1.54) is 17.7 Å². The summed E-state index contributed by atoms with van der Waals surface area (Å²) in [6.45, 7) is 9.43. The lowest BCUT2D eigenvalue weighted by Gasteiger charge is -2.22. The first-order chi connectivity index (χ1) is 8.85. The SMILES string of the molecule is CCN(CC)CCOc1cccc2c1CCCN2. The first kappa shape index (κ1) is 13.2. The monoisotopic (exact) mass is 248 g/mol. The number of ether oxygens (including phenoxy) is 1. The van der Waals surface area contributed by atoms with Crippen molar-refractivity contribution in [1.29, 1.82) is 0 Å². The Morgan fingerprint density at radius 2 is 2.11 bits per heavy atom. The second-order valence-corrected chi connectivity index (χ2v) is 4.69. The fourth-order valence-corrected chi connectivity index (χ4v) is 2.44. The zero-order valence-corrected chi connectivity index (χ0v) is 11.5. The topological polar surface area (TPSA) is 24.5 Å². The molecule has 2 rings (SSSR count). The highest BCUT2D eigenvalue weighted by Gasteiger charge is 2.13. The van der Waals surface area contributed by atoms with Gasteiger partial charge in [0.2, 0.25) is 0 Å². The van der Waals surface area contributed by atoms with E-state index < -0.39 is 0 Å². The minimum Gasteiger partial charge on any atom is -0.492 e. The summed E-state index contributed by atoms with van der Waals surface area (Å²) in [6, 6.07) is 6.31. The highest BCUT2D eigenvalue weighted by molar-refractivity contribution is 5.59. The molecule has 0 fully saturated rings. The number of rotatable bonds is 6. The van der Waals surface area contributed by atoms with Gasteiger partial charge < -0.3 is 15.0 Å². The minimum atomic E-state index is 0.776. The van der Waals surface area contributed by atoms with Gasteiger partial charge in [0.1, 0.15) is 12.4 Å². The molecule has 0 radical (unpaired) electrons. The molecule has 1 aliphatic heterocycles. The third kappa shape index (κ3) is 3.16. The van der Waals surface area contributed by atoms with E-state index in [1.54, 1.807) is 0 Å². The van der Waals surface area contributed by atoms with Crippen molar-refractivity contribution < 1.29 is 4.74 Å². The van der Waals surface area contributed by atoms with Crippen LogP contribution >= 0.6 is 0 Å². The molecule has 3 nitrogen and oxygen atoms in total. The highest BCUT2D eigenvalue weighted by Crippen LogP contribution is 2.30. The fraction of sp³-hybridized carbons (Fsp3) is 0.600. The van der Waals surface area contributed by atoms with Crippen LogP contribution in [-0.2, 0) is 6.42 Å². The molecule has 0 saturated carbocycles. The molecule has 1 aliphatic rings. The third-order valence-corrected chi connectivity index (χ3v) is 3.61. The molecule has 1 aromatic carbocycles. The Hall–Kier alpha value is -1.22. The van der Waals surface area contributed by atoms with Crippen molar-refractivity contribution in [3.8, 4) is 5.75 Å². The average Bonchev–Trinajstić information content (AvgIpc) is 2.44. The van der Waals surface area contributed by atoms with Crippen molar-refractivity contribution in [1.82, 2.24) is 4.90 Å². The Labute approximate surface area is 110 Å². The Morgan fingerprint density at radius 3 is 2.89 bits per heavy atom. The average molecular weight is 248 g/mol. The van der Waals surface area contributed by atoms with Crippen molar-refractivity contribution in [2.45, 2.75) is 26.7 Å². The van der Waals surface area contributed by atoms with Gasteiger partial charge in [-0.15, -0.1) is 0 Å². The number of hydrogen-bond donors (Lipinski definition) is 1. The number of anilines is 1. The molecule has 0 unspecified atom stereocenters. The molecule has 18 heavy (non-hydrogen) atoms. The molecule has 0 atom stereocenters. The number of hydrogen-bond acceptors (Lipinski definition) is 3. The summed E-state index contributed by atoms with van der Waals surface area (Å²) < 4.78 is 5.96. The molecule has 0 saturated heterocycles. The smallest absolute Gasteiger partial charge is 0.124 e. The largest absolute Gasteiger partial charge is 0.492 e. The maximum absolute atomic E-state index is 5.96. The Kier molecular flexibility index (Phi) is 4.88. The van der Waals surface area contributed by atoms with Gasteiger partial charge in [0, 0.05) is 24.3 Å². The fourth-order valence-electron chi connectivity index (χ4n) is 2.44. The molecule has 0 amide bonds. The number of benzene rings is 1. The van der Waals surface area contributed by atoms with Crippen LogP contribution in [0.1, 0.15) is 25.8 Å². The van der Waals surface area contributed by atoms with Gasteiger partial charge in [-0.25, -0.2) is 0 Å². The van der Waals surface area contributed by atoms with Crippen LogP contribution in [-0.4, -0.2) is 37.7 Å². The van der Waals surface area contributed by atoms with Crippen LogP contribution in [0.2, 0.25) is 0 Å². The summed E-state index contributed by atoms with van der Waals surface area (Å²) in [5, 5.41) is 3.43. The van der Waals surface area contributed by atoms with Crippen molar-refractivity contribution in [2.24, 2.45) is 0 Å². The van der Waals surface area contributed by atoms with Crippen LogP contribution in [0.15, 0.2) is 18.2 Å². The van der Waals surface area contributed by atoms with Gasteiger partial charge in [-0.3, -0.25) is 0 Å². The molecular weight excluding hydrogens is 224 g/mol. The van der Waals surface area contributed by atoms with Crippen LogP contribution in [0.5, 0.6) is 5.75 Å². The van der Waals surface area contributed by atoms with Crippen molar-refractivity contribution in [3.63, 3.8) is 0 Å². The zero-order chi connectivity index (χ0) is 12.8. The summed E-state index contributed by atoms with van der Waals surface area (Å²) in [7, 11) is 0. The van der Waals surface area contributed by atoms with Crippen LogP contribution in [0, 0.1) is 0 Å². The lowest BCUT2D eigenvalue weighted by atomic mass is 10.0. The first-order valence-electron chi connectivity index (χ1n) is 7.06. The van der Waals surface area contributed by atoms with Crippen LogP contribution < -0.4 is 10.1 Å². The van der Waals surface area contributed by atoms with Crippen molar-refractivity contribution in [2.75, 3.05) is 38.1 Å². The van der Waals surface area contributed by atoms with Crippen LogP contribution in [0.3, 0.4) is 0 Å². The van der Waals surface area contributed by atoms with E-state index >= 15 is 0 Å². The lowest BCUT2D eigenvalue weighted by Crippen LogP contribution is -2.28. The van der Waals surface area contributed by atoms with E-state index in [9.17, 15) is 0 Å². The zero-order valence-electron chi connectivity index (χ0n) is 11.5.